The van der Waals surface area contributed by atoms with E-state index in [1.165, 1.54) is 30.9 Å². The Kier molecular flexibility index (Phi) is 7.68. The van der Waals surface area contributed by atoms with Crippen molar-refractivity contribution in [1.29, 1.82) is 0 Å². The number of methoxy groups -OCH3 is 1. The summed E-state index contributed by atoms with van der Waals surface area (Å²) in [6.07, 6.45) is 0.754. The van der Waals surface area contributed by atoms with E-state index in [0.717, 1.165) is 0 Å². The van der Waals surface area contributed by atoms with Gasteiger partial charge in [0.15, 0.2) is 0 Å². The second-order valence-corrected chi connectivity index (χ2v) is 9.14. The van der Waals surface area contributed by atoms with Crippen molar-refractivity contribution in [3.05, 3.63) is 63.4 Å². The average Bonchev–Trinajstić information content (AvgIpc) is 3.12. The lowest BCUT2D eigenvalue weighted by atomic mass is 10.1. The lowest BCUT2D eigenvalue weighted by molar-refractivity contribution is -0.142. The van der Waals surface area contributed by atoms with Crippen molar-refractivity contribution in [2.24, 2.45) is 5.92 Å². The number of nitrogens with one attached hydrogen (secondary N) is 2. The Morgan fingerprint density at radius 2 is 2.03 bits per heavy atom. The number of rotatable bonds is 9. The highest BCUT2D eigenvalue weighted by Crippen LogP contribution is 2.46. The number of ether oxygens (including phenoxy) is 2. The van der Waals surface area contributed by atoms with Crippen molar-refractivity contribution in [1.82, 2.24) is 14.6 Å². The van der Waals surface area contributed by atoms with Crippen molar-refractivity contribution in [3.63, 3.8) is 0 Å². The van der Waals surface area contributed by atoms with E-state index in [1.807, 2.05) is 6.92 Å². The monoisotopic (exact) mass is 467 g/mol. The third kappa shape index (κ3) is 5.95. The average molecular weight is 467 g/mol. The maximum absolute atomic E-state index is 13.4. The Labute approximate surface area is 184 Å². The highest BCUT2D eigenvalue weighted by molar-refractivity contribution is 7.52. The highest BCUT2D eigenvalue weighted by atomic mass is 31.2. The Hall–Kier alpha value is -2.72. The second kappa shape index (κ2) is 10.3. The van der Waals surface area contributed by atoms with Crippen LogP contribution in [0.25, 0.3) is 0 Å². The van der Waals surface area contributed by atoms with Gasteiger partial charge in [-0.1, -0.05) is 25.1 Å². The molecule has 11 nitrogen and oxygen atoms in total. The molecule has 0 saturated carbocycles. The second-order valence-electron chi connectivity index (χ2n) is 7.45. The van der Waals surface area contributed by atoms with Crippen LogP contribution in [0.3, 0.4) is 0 Å². The number of hydrogen-bond acceptors (Lipinski definition) is 8. The molecule has 12 heteroatoms. The molecule has 0 bridgehead atoms. The minimum absolute atomic E-state index is 0.0800. The van der Waals surface area contributed by atoms with Gasteiger partial charge in [-0.2, -0.15) is 5.09 Å². The van der Waals surface area contributed by atoms with Gasteiger partial charge in [-0.3, -0.25) is 23.7 Å². The summed E-state index contributed by atoms with van der Waals surface area (Å²) < 4.78 is 36.4. The molecule has 32 heavy (non-hydrogen) atoms. The van der Waals surface area contributed by atoms with Crippen LogP contribution in [0.4, 0.5) is 0 Å². The molecule has 2 heterocycles. The Bertz CT molecular complexity index is 1090. The lowest BCUT2D eigenvalue weighted by Gasteiger charge is -2.24. The van der Waals surface area contributed by atoms with Crippen molar-refractivity contribution >= 4 is 13.7 Å². The van der Waals surface area contributed by atoms with E-state index in [2.05, 4.69) is 14.8 Å². The number of aromatic amines is 1. The lowest BCUT2D eigenvalue weighted by Crippen LogP contribution is -2.35. The number of carbonyl (C=O) groups is 1. The van der Waals surface area contributed by atoms with Gasteiger partial charge in [0.2, 0.25) is 0 Å². The van der Waals surface area contributed by atoms with Crippen LogP contribution < -0.4 is 20.9 Å². The molecule has 0 amide bonds. The van der Waals surface area contributed by atoms with Gasteiger partial charge in [-0.15, -0.1) is 0 Å². The zero-order valence-corrected chi connectivity index (χ0v) is 18.8. The number of aromatic nitrogens is 2. The fourth-order valence-corrected chi connectivity index (χ4v) is 4.87. The topological polar surface area (TPSA) is 138 Å². The first kappa shape index (κ1) is 23.9. The maximum atomic E-state index is 13.4. The Morgan fingerprint density at radius 1 is 1.31 bits per heavy atom. The van der Waals surface area contributed by atoms with Gasteiger partial charge in [0.1, 0.15) is 18.0 Å². The molecule has 1 fully saturated rings. The first-order chi connectivity index (χ1) is 15.2. The molecule has 1 unspecified atom stereocenters. The van der Waals surface area contributed by atoms with Gasteiger partial charge >= 0.3 is 19.4 Å². The van der Waals surface area contributed by atoms with E-state index in [4.69, 9.17) is 13.8 Å². The van der Waals surface area contributed by atoms with E-state index in [9.17, 15) is 18.9 Å². The minimum Gasteiger partial charge on any atom is -0.468 e. The molecule has 1 aliphatic rings. The van der Waals surface area contributed by atoms with Gasteiger partial charge in [-0.25, -0.2) is 9.36 Å². The van der Waals surface area contributed by atoms with Crippen molar-refractivity contribution in [2.75, 3.05) is 13.7 Å². The summed E-state index contributed by atoms with van der Waals surface area (Å²) in [7, 11) is -2.77. The molecule has 0 radical (unpaired) electrons. The number of para-hydroxylation sites is 1. The quantitative estimate of drug-likeness (QED) is 0.418. The molecular formula is C20H26N3O8P. The number of nitrogens with zero attached hydrogens (tertiary/aromatic N) is 1. The third-order valence-corrected chi connectivity index (χ3v) is 6.53. The maximum Gasteiger partial charge on any atom is 0.459 e. The smallest absolute Gasteiger partial charge is 0.459 e. The predicted octanol–water partition coefficient (Wildman–Crippen LogP) is 1.81. The molecule has 1 aliphatic heterocycles. The molecule has 2 N–H and O–H groups in total. The molecule has 5 atom stereocenters. The van der Waals surface area contributed by atoms with E-state index in [-0.39, 0.29) is 12.5 Å². The van der Waals surface area contributed by atoms with Crippen LogP contribution in [0.1, 0.15) is 26.5 Å². The van der Waals surface area contributed by atoms with Crippen LogP contribution in [0, 0.1) is 5.92 Å². The summed E-state index contributed by atoms with van der Waals surface area (Å²) in [5.41, 5.74) is -1.08. The van der Waals surface area contributed by atoms with Crippen molar-refractivity contribution < 1.29 is 27.9 Å². The number of H-pyrrole nitrogens is 1. The fraction of sp³-hybridized carbons (Fsp3) is 0.450. The van der Waals surface area contributed by atoms with Crippen molar-refractivity contribution in [3.8, 4) is 5.75 Å². The van der Waals surface area contributed by atoms with Gasteiger partial charge < -0.3 is 14.0 Å². The molecule has 0 spiro atoms. The van der Waals surface area contributed by atoms with E-state index < -0.39 is 43.3 Å². The highest BCUT2D eigenvalue weighted by Gasteiger charge is 2.38. The molecular weight excluding hydrogens is 441 g/mol. The predicted molar refractivity (Wildman–Crippen MR) is 114 cm³/mol. The molecule has 174 valence electrons. The van der Waals surface area contributed by atoms with Crippen molar-refractivity contribution in [2.45, 2.75) is 38.6 Å². The number of carbonyl (C=O) groups excluding carboxylic acids is 1. The van der Waals surface area contributed by atoms with E-state index >= 15 is 0 Å². The van der Waals surface area contributed by atoms with E-state index in [1.54, 1.807) is 30.3 Å². The first-order valence-electron chi connectivity index (χ1n) is 10.0. The fourth-order valence-electron chi connectivity index (χ4n) is 3.35. The third-order valence-electron chi connectivity index (χ3n) is 4.88. The summed E-state index contributed by atoms with van der Waals surface area (Å²) in [5.74, 6) is -0.420. The normalized spacial score (nSPS) is 23.3. The van der Waals surface area contributed by atoms with E-state index in [0.29, 0.717) is 12.2 Å². The molecule has 1 aromatic heterocycles. The molecule has 3 rings (SSSR count). The summed E-state index contributed by atoms with van der Waals surface area (Å²) in [5, 5.41) is 2.57. The van der Waals surface area contributed by atoms with Crippen LogP contribution in [-0.2, 0) is 23.4 Å². The summed E-state index contributed by atoms with van der Waals surface area (Å²) in [6.45, 7) is 3.24. The summed E-state index contributed by atoms with van der Waals surface area (Å²) >= 11 is 0. The Balaban J connectivity index is 1.71. The summed E-state index contributed by atoms with van der Waals surface area (Å²) in [4.78, 5) is 37.4. The van der Waals surface area contributed by atoms with Crippen LogP contribution in [0.2, 0.25) is 0 Å². The number of esters is 1. The van der Waals surface area contributed by atoms with Gasteiger partial charge in [-0.05, 0) is 25.5 Å². The number of benzene rings is 1. The molecule has 0 aliphatic carbocycles. The van der Waals surface area contributed by atoms with Crippen LogP contribution >= 0.6 is 7.75 Å². The minimum atomic E-state index is -3.99. The van der Waals surface area contributed by atoms with Gasteiger partial charge in [0, 0.05) is 18.2 Å². The van der Waals surface area contributed by atoms with Crippen LogP contribution in [0.15, 0.2) is 52.2 Å². The molecule has 1 aromatic carbocycles. The molecule has 1 saturated heterocycles. The van der Waals surface area contributed by atoms with Gasteiger partial charge in [0.25, 0.3) is 5.56 Å². The molecule has 2 aromatic rings. The zero-order chi connectivity index (χ0) is 23.3. The van der Waals surface area contributed by atoms with Gasteiger partial charge in [0.05, 0.1) is 19.8 Å². The zero-order valence-electron chi connectivity index (χ0n) is 17.9. The largest absolute Gasteiger partial charge is 0.468 e. The van der Waals surface area contributed by atoms with Crippen LogP contribution in [0.5, 0.6) is 5.75 Å². The standard InChI is InChI=1S/C20H26N3O8P/c1-13-11-16(30-18(13)23-10-9-17(24)21-20(23)26)12-29-32(27,22-14(2)19(25)28-3)31-15-7-5-4-6-8-15/h4-10,13-14,16,18H,11-12H2,1-3H3,(H,22,27)(H,21,24,26)/t13-,14-,16-,18+,32?/m0/s1. The summed E-state index contributed by atoms with van der Waals surface area (Å²) in [6, 6.07) is 8.68. The van der Waals surface area contributed by atoms with Crippen LogP contribution in [-0.4, -0.2) is 41.4 Å². The SMILES string of the molecule is COC(=O)[C@H](C)NP(=O)(OC[C@@H]1C[C@H](C)[C@H](n2ccc(=O)[nH]c2=O)O1)Oc1ccccc1. The first-order valence-corrected chi connectivity index (χ1v) is 11.6. The Morgan fingerprint density at radius 3 is 2.69 bits per heavy atom. The number of hydrogen-bond donors (Lipinski definition) is 2.